The molecule has 21 heavy (non-hydrogen) atoms. The van der Waals surface area contributed by atoms with Gasteiger partial charge in [0.2, 0.25) is 10.0 Å². The first-order valence-electron chi connectivity index (χ1n) is 7.21. The number of nitrogen functional groups attached to an aromatic ring is 1. The van der Waals surface area contributed by atoms with Gasteiger partial charge >= 0.3 is 0 Å². The number of nitrogens with zero attached hydrogens (tertiary/aromatic N) is 2. The molecule has 0 spiro atoms. The summed E-state index contributed by atoms with van der Waals surface area (Å²) in [5, 5.41) is 0. The summed E-state index contributed by atoms with van der Waals surface area (Å²) < 4.78 is 27.0. The van der Waals surface area contributed by atoms with E-state index < -0.39 is 10.0 Å². The molecule has 0 aliphatic carbocycles. The maximum Gasteiger partial charge on any atom is 0.245 e. The Morgan fingerprint density at radius 1 is 1.10 bits per heavy atom. The standard InChI is InChI=1S/C15H27N3O2S/c1-6-18(9-7-8-17(4)5)21(19,20)15-11-13(3)12(2)10-14(15)16/h10-11H,6-9,16H2,1-5H3. The van der Waals surface area contributed by atoms with E-state index in [1.165, 1.54) is 4.31 Å². The van der Waals surface area contributed by atoms with Gasteiger partial charge in [-0.15, -0.1) is 0 Å². The number of aryl methyl sites for hydroxylation is 2. The van der Waals surface area contributed by atoms with Crippen molar-refractivity contribution in [1.29, 1.82) is 0 Å². The molecule has 6 heteroatoms. The third-order valence-corrected chi connectivity index (χ3v) is 5.64. The molecular weight excluding hydrogens is 286 g/mol. The van der Waals surface area contributed by atoms with Gasteiger partial charge in [-0.1, -0.05) is 6.92 Å². The molecule has 2 N–H and O–H groups in total. The zero-order valence-electron chi connectivity index (χ0n) is 13.7. The Hall–Kier alpha value is -1.11. The average molecular weight is 313 g/mol. The van der Waals surface area contributed by atoms with E-state index in [2.05, 4.69) is 0 Å². The second kappa shape index (κ2) is 7.24. The minimum absolute atomic E-state index is 0.220. The van der Waals surface area contributed by atoms with Crippen LogP contribution in [0.1, 0.15) is 24.5 Å². The number of benzene rings is 1. The minimum atomic E-state index is -3.53. The third kappa shape index (κ3) is 4.43. The van der Waals surface area contributed by atoms with Crippen LogP contribution in [0.4, 0.5) is 5.69 Å². The molecule has 0 aliphatic heterocycles. The molecule has 1 rings (SSSR count). The van der Waals surface area contributed by atoms with Crippen molar-refractivity contribution in [2.45, 2.75) is 32.1 Å². The monoisotopic (exact) mass is 313 g/mol. The second-order valence-corrected chi connectivity index (χ2v) is 7.53. The highest BCUT2D eigenvalue weighted by Gasteiger charge is 2.25. The molecule has 0 aromatic heterocycles. The van der Waals surface area contributed by atoms with Crippen LogP contribution in [-0.4, -0.2) is 51.4 Å². The molecule has 0 radical (unpaired) electrons. The topological polar surface area (TPSA) is 66.6 Å². The van der Waals surface area contributed by atoms with Crippen LogP contribution >= 0.6 is 0 Å². The van der Waals surface area contributed by atoms with Crippen molar-refractivity contribution in [2.24, 2.45) is 0 Å². The number of hydrogen-bond donors (Lipinski definition) is 1. The Labute approximate surface area is 128 Å². The van der Waals surface area contributed by atoms with Crippen molar-refractivity contribution in [3.05, 3.63) is 23.3 Å². The molecule has 5 nitrogen and oxygen atoms in total. The summed E-state index contributed by atoms with van der Waals surface area (Å²) in [5.74, 6) is 0. The zero-order chi connectivity index (χ0) is 16.2. The highest BCUT2D eigenvalue weighted by molar-refractivity contribution is 7.89. The molecule has 0 aliphatic rings. The van der Waals surface area contributed by atoms with Gasteiger partial charge in [0.25, 0.3) is 0 Å². The van der Waals surface area contributed by atoms with E-state index in [1.807, 2.05) is 39.8 Å². The first kappa shape index (κ1) is 17.9. The Kier molecular flexibility index (Phi) is 6.19. The van der Waals surface area contributed by atoms with Gasteiger partial charge in [0.1, 0.15) is 4.90 Å². The Morgan fingerprint density at radius 3 is 2.19 bits per heavy atom. The van der Waals surface area contributed by atoms with Gasteiger partial charge in [-0.25, -0.2) is 8.42 Å². The van der Waals surface area contributed by atoms with E-state index in [4.69, 9.17) is 5.73 Å². The van der Waals surface area contributed by atoms with Crippen LogP contribution in [0.5, 0.6) is 0 Å². The van der Waals surface area contributed by atoms with E-state index in [1.54, 1.807) is 12.1 Å². The predicted octanol–water partition coefficient (Wildman–Crippen LogP) is 1.85. The van der Waals surface area contributed by atoms with Crippen molar-refractivity contribution in [1.82, 2.24) is 9.21 Å². The predicted molar refractivity (Wildman–Crippen MR) is 87.9 cm³/mol. The van der Waals surface area contributed by atoms with Crippen molar-refractivity contribution in [3.8, 4) is 0 Å². The van der Waals surface area contributed by atoms with E-state index >= 15 is 0 Å². The van der Waals surface area contributed by atoms with Crippen LogP contribution in [-0.2, 0) is 10.0 Å². The molecule has 1 aromatic carbocycles. The number of hydrogen-bond acceptors (Lipinski definition) is 4. The molecular formula is C15H27N3O2S. The fourth-order valence-electron chi connectivity index (χ4n) is 2.19. The molecule has 1 aromatic rings. The molecule has 0 amide bonds. The van der Waals surface area contributed by atoms with Crippen molar-refractivity contribution < 1.29 is 8.42 Å². The molecule has 0 heterocycles. The van der Waals surface area contributed by atoms with Crippen LogP contribution in [0.2, 0.25) is 0 Å². The molecule has 0 atom stereocenters. The zero-order valence-corrected chi connectivity index (χ0v) is 14.5. The Balaban J connectivity index is 3.05. The number of sulfonamides is 1. The van der Waals surface area contributed by atoms with E-state index in [-0.39, 0.29) is 4.90 Å². The third-order valence-electron chi connectivity index (χ3n) is 3.61. The Bertz CT molecular complexity index is 583. The summed E-state index contributed by atoms with van der Waals surface area (Å²) in [5.41, 5.74) is 8.19. The van der Waals surface area contributed by atoms with Crippen LogP contribution in [0.25, 0.3) is 0 Å². The SMILES string of the molecule is CCN(CCCN(C)C)S(=O)(=O)c1cc(C)c(C)cc1N. The van der Waals surface area contributed by atoms with Gasteiger partial charge in [0, 0.05) is 13.1 Å². The van der Waals surface area contributed by atoms with Crippen LogP contribution < -0.4 is 5.73 Å². The minimum Gasteiger partial charge on any atom is -0.398 e. The van der Waals surface area contributed by atoms with Crippen LogP contribution in [0.3, 0.4) is 0 Å². The van der Waals surface area contributed by atoms with E-state index in [0.717, 1.165) is 24.1 Å². The molecule has 0 unspecified atom stereocenters. The summed E-state index contributed by atoms with van der Waals surface area (Å²) in [4.78, 5) is 2.27. The maximum absolute atomic E-state index is 12.8. The fraction of sp³-hybridized carbons (Fsp3) is 0.600. The maximum atomic E-state index is 12.8. The van der Waals surface area contributed by atoms with Crippen molar-refractivity contribution in [3.63, 3.8) is 0 Å². The lowest BCUT2D eigenvalue weighted by molar-refractivity contribution is 0.356. The summed E-state index contributed by atoms with van der Waals surface area (Å²) in [6, 6.07) is 3.41. The summed E-state index contributed by atoms with van der Waals surface area (Å²) in [6.45, 7) is 7.48. The summed E-state index contributed by atoms with van der Waals surface area (Å²) in [6.07, 6.45) is 0.796. The first-order valence-corrected chi connectivity index (χ1v) is 8.65. The number of anilines is 1. The lowest BCUT2D eigenvalue weighted by Gasteiger charge is -2.22. The normalized spacial score (nSPS) is 12.3. The fourth-order valence-corrected chi connectivity index (χ4v) is 3.86. The number of nitrogens with two attached hydrogens (primary N) is 1. The quantitative estimate of drug-likeness (QED) is 0.780. The molecule has 0 bridgehead atoms. The summed E-state index contributed by atoms with van der Waals surface area (Å²) in [7, 11) is 0.427. The van der Waals surface area contributed by atoms with Crippen LogP contribution in [0.15, 0.2) is 17.0 Å². The average Bonchev–Trinajstić information content (AvgIpc) is 2.38. The highest BCUT2D eigenvalue weighted by Crippen LogP contribution is 2.25. The number of rotatable bonds is 7. The van der Waals surface area contributed by atoms with Gasteiger partial charge in [0.15, 0.2) is 0 Å². The van der Waals surface area contributed by atoms with Crippen LogP contribution in [0, 0.1) is 13.8 Å². The molecule has 0 fully saturated rings. The molecule has 0 saturated heterocycles. The van der Waals surface area contributed by atoms with Gasteiger partial charge in [0.05, 0.1) is 5.69 Å². The lowest BCUT2D eigenvalue weighted by Crippen LogP contribution is -2.33. The van der Waals surface area contributed by atoms with E-state index in [0.29, 0.717) is 18.8 Å². The summed E-state index contributed by atoms with van der Waals surface area (Å²) >= 11 is 0. The Morgan fingerprint density at radius 2 is 1.67 bits per heavy atom. The smallest absolute Gasteiger partial charge is 0.245 e. The van der Waals surface area contributed by atoms with Crippen molar-refractivity contribution >= 4 is 15.7 Å². The highest BCUT2D eigenvalue weighted by atomic mass is 32.2. The first-order chi connectivity index (χ1) is 9.70. The van der Waals surface area contributed by atoms with Gasteiger partial charge in [-0.2, -0.15) is 4.31 Å². The van der Waals surface area contributed by atoms with Gasteiger partial charge in [-0.3, -0.25) is 0 Å². The lowest BCUT2D eigenvalue weighted by atomic mass is 10.1. The van der Waals surface area contributed by atoms with Crippen molar-refractivity contribution in [2.75, 3.05) is 39.5 Å². The largest absolute Gasteiger partial charge is 0.398 e. The molecule has 120 valence electrons. The molecule has 0 saturated carbocycles. The van der Waals surface area contributed by atoms with E-state index in [9.17, 15) is 8.42 Å². The van der Waals surface area contributed by atoms with Gasteiger partial charge in [-0.05, 0) is 64.2 Å². The van der Waals surface area contributed by atoms with Gasteiger partial charge < -0.3 is 10.6 Å². The second-order valence-electron chi connectivity index (χ2n) is 5.63.